The molecule has 26 heavy (non-hydrogen) atoms. The van der Waals surface area contributed by atoms with E-state index < -0.39 is 0 Å². The van der Waals surface area contributed by atoms with Crippen molar-refractivity contribution in [2.24, 2.45) is 0 Å². The molecule has 0 aliphatic heterocycles. The third kappa shape index (κ3) is 5.97. The third-order valence-electron chi connectivity index (χ3n) is 3.72. The zero-order valence-electron chi connectivity index (χ0n) is 14.9. The maximum absolute atomic E-state index is 12.1. The van der Waals surface area contributed by atoms with E-state index in [1.807, 2.05) is 42.5 Å². The SMILES string of the molecule is CCN(CC)c1ccc(C(=O)NNC(=O)/C=C/Sc2ccccc2)cc1. The molecule has 2 aromatic carbocycles. The highest BCUT2D eigenvalue weighted by molar-refractivity contribution is 8.02. The number of nitrogens with one attached hydrogen (secondary N) is 2. The van der Waals surface area contributed by atoms with Gasteiger partial charge in [0.1, 0.15) is 0 Å². The monoisotopic (exact) mass is 369 g/mol. The number of hydrogen-bond donors (Lipinski definition) is 2. The molecule has 2 amide bonds. The number of thioether (sulfide) groups is 1. The minimum atomic E-state index is -0.387. The van der Waals surface area contributed by atoms with Crippen molar-refractivity contribution in [2.75, 3.05) is 18.0 Å². The number of amides is 2. The maximum atomic E-state index is 12.1. The van der Waals surface area contributed by atoms with Crippen LogP contribution >= 0.6 is 11.8 Å². The van der Waals surface area contributed by atoms with E-state index in [4.69, 9.17) is 0 Å². The fourth-order valence-corrected chi connectivity index (χ4v) is 2.98. The van der Waals surface area contributed by atoms with Crippen LogP contribution in [0.3, 0.4) is 0 Å². The maximum Gasteiger partial charge on any atom is 0.269 e. The van der Waals surface area contributed by atoms with Gasteiger partial charge in [-0.05, 0) is 55.7 Å². The Hall–Kier alpha value is -2.73. The lowest BCUT2D eigenvalue weighted by Gasteiger charge is -2.21. The Bertz CT molecular complexity index is 741. The number of rotatable bonds is 7. The molecule has 0 fully saturated rings. The lowest BCUT2D eigenvalue weighted by atomic mass is 10.2. The van der Waals surface area contributed by atoms with E-state index in [-0.39, 0.29) is 11.8 Å². The summed E-state index contributed by atoms with van der Waals surface area (Å²) in [6.45, 7) is 5.99. The van der Waals surface area contributed by atoms with Gasteiger partial charge in [-0.25, -0.2) is 0 Å². The zero-order chi connectivity index (χ0) is 18.8. The van der Waals surface area contributed by atoms with E-state index in [1.54, 1.807) is 17.5 Å². The number of nitrogens with zero attached hydrogens (tertiary/aromatic N) is 1. The van der Waals surface area contributed by atoms with Crippen molar-refractivity contribution in [3.8, 4) is 0 Å². The summed E-state index contributed by atoms with van der Waals surface area (Å²) in [6.07, 6.45) is 1.38. The Morgan fingerprint density at radius 2 is 1.62 bits per heavy atom. The van der Waals surface area contributed by atoms with E-state index in [1.165, 1.54) is 17.8 Å². The van der Waals surface area contributed by atoms with Gasteiger partial charge in [-0.2, -0.15) is 0 Å². The smallest absolute Gasteiger partial charge is 0.269 e. The van der Waals surface area contributed by atoms with Crippen LogP contribution < -0.4 is 15.8 Å². The molecule has 0 radical (unpaired) electrons. The highest BCUT2D eigenvalue weighted by atomic mass is 32.2. The molecule has 2 rings (SSSR count). The normalized spacial score (nSPS) is 10.5. The highest BCUT2D eigenvalue weighted by Gasteiger charge is 2.07. The van der Waals surface area contributed by atoms with Crippen LogP contribution in [-0.4, -0.2) is 24.9 Å². The molecule has 5 nitrogen and oxygen atoms in total. The number of carbonyl (C=O) groups is 2. The molecule has 0 aliphatic carbocycles. The van der Waals surface area contributed by atoms with Crippen LogP contribution in [0.4, 0.5) is 5.69 Å². The molecule has 0 atom stereocenters. The van der Waals surface area contributed by atoms with Crippen LogP contribution in [0.5, 0.6) is 0 Å². The third-order valence-corrected chi connectivity index (χ3v) is 4.54. The molecule has 0 spiro atoms. The van der Waals surface area contributed by atoms with Crippen molar-refractivity contribution in [3.05, 3.63) is 71.6 Å². The standard InChI is InChI=1S/C20H23N3O2S/c1-3-23(4-2)17-12-10-16(11-13-17)20(25)22-21-19(24)14-15-26-18-8-6-5-7-9-18/h5-15H,3-4H2,1-2H3,(H,21,24)(H,22,25)/b15-14+. The second-order valence-electron chi connectivity index (χ2n) is 5.40. The lowest BCUT2D eigenvalue weighted by molar-refractivity contribution is -0.117. The van der Waals surface area contributed by atoms with Gasteiger partial charge < -0.3 is 4.90 Å². The average Bonchev–Trinajstić information content (AvgIpc) is 2.68. The number of benzene rings is 2. The van der Waals surface area contributed by atoms with Crippen LogP contribution in [0.25, 0.3) is 0 Å². The average molecular weight is 369 g/mol. The molecular weight excluding hydrogens is 346 g/mol. The van der Waals surface area contributed by atoms with Crippen LogP contribution in [0.15, 0.2) is 71.0 Å². The molecule has 0 saturated carbocycles. The quantitative estimate of drug-likeness (QED) is 0.445. The van der Waals surface area contributed by atoms with E-state index in [2.05, 4.69) is 29.6 Å². The van der Waals surface area contributed by atoms with Crippen LogP contribution in [-0.2, 0) is 4.79 Å². The van der Waals surface area contributed by atoms with Crippen molar-refractivity contribution in [2.45, 2.75) is 18.7 Å². The fourth-order valence-electron chi connectivity index (χ4n) is 2.32. The number of hydrazine groups is 1. The summed E-state index contributed by atoms with van der Waals surface area (Å²) in [5, 5.41) is 1.68. The van der Waals surface area contributed by atoms with Gasteiger partial charge in [0.15, 0.2) is 0 Å². The summed E-state index contributed by atoms with van der Waals surface area (Å²) in [4.78, 5) is 27.1. The van der Waals surface area contributed by atoms with Crippen molar-refractivity contribution in [1.29, 1.82) is 0 Å². The molecule has 0 bridgehead atoms. The van der Waals surface area contributed by atoms with Crippen molar-refractivity contribution >= 4 is 29.3 Å². The molecule has 2 N–H and O–H groups in total. The number of anilines is 1. The fraction of sp³-hybridized carbons (Fsp3) is 0.200. The Morgan fingerprint density at radius 3 is 2.23 bits per heavy atom. The minimum Gasteiger partial charge on any atom is -0.372 e. The summed E-state index contributed by atoms with van der Waals surface area (Å²) >= 11 is 1.43. The molecule has 0 aromatic heterocycles. The van der Waals surface area contributed by atoms with Gasteiger partial charge in [0.2, 0.25) is 0 Å². The molecule has 136 valence electrons. The Kier molecular flexibility index (Phi) is 7.76. The molecule has 0 saturated heterocycles. The lowest BCUT2D eigenvalue weighted by Crippen LogP contribution is -2.40. The van der Waals surface area contributed by atoms with Gasteiger partial charge in [0.05, 0.1) is 0 Å². The summed E-state index contributed by atoms with van der Waals surface area (Å²) < 4.78 is 0. The first-order valence-corrected chi connectivity index (χ1v) is 9.35. The molecule has 0 unspecified atom stereocenters. The molecule has 0 heterocycles. The molecule has 0 aliphatic rings. The minimum absolute atomic E-state index is 0.353. The predicted octanol–water partition coefficient (Wildman–Crippen LogP) is 3.60. The first-order chi connectivity index (χ1) is 12.6. The van der Waals surface area contributed by atoms with Crippen LogP contribution in [0, 0.1) is 0 Å². The zero-order valence-corrected chi connectivity index (χ0v) is 15.8. The summed E-state index contributed by atoms with van der Waals surface area (Å²) in [5.74, 6) is -0.741. The highest BCUT2D eigenvalue weighted by Crippen LogP contribution is 2.17. The van der Waals surface area contributed by atoms with E-state index in [9.17, 15) is 9.59 Å². The van der Waals surface area contributed by atoms with Crippen molar-refractivity contribution < 1.29 is 9.59 Å². The van der Waals surface area contributed by atoms with Gasteiger partial charge in [-0.15, -0.1) is 0 Å². The molecule has 2 aromatic rings. The Labute approximate surface area is 158 Å². The second-order valence-corrected chi connectivity index (χ2v) is 6.38. The number of carbonyl (C=O) groups excluding carboxylic acids is 2. The largest absolute Gasteiger partial charge is 0.372 e. The molecular formula is C20H23N3O2S. The summed E-state index contributed by atoms with van der Waals surface area (Å²) in [6, 6.07) is 17.0. The van der Waals surface area contributed by atoms with Gasteiger partial charge >= 0.3 is 0 Å². The van der Waals surface area contributed by atoms with Gasteiger partial charge in [-0.3, -0.25) is 20.4 Å². The Balaban J connectivity index is 1.81. The summed E-state index contributed by atoms with van der Waals surface area (Å²) in [5.41, 5.74) is 6.35. The van der Waals surface area contributed by atoms with Gasteiger partial charge in [-0.1, -0.05) is 30.0 Å². The van der Waals surface area contributed by atoms with Crippen molar-refractivity contribution in [3.63, 3.8) is 0 Å². The molecule has 6 heteroatoms. The number of hydrogen-bond acceptors (Lipinski definition) is 4. The van der Waals surface area contributed by atoms with Gasteiger partial charge in [0.25, 0.3) is 11.8 Å². The van der Waals surface area contributed by atoms with Crippen LogP contribution in [0.2, 0.25) is 0 Å². The van der Waals surface area contributed by atoms with Crippen LogP contribution in [0.1, 0.15) is 24.2 Å². The van der Waals surface area contributed by atoms with E-state index >= 15 is 0 Å². The van der Waals surface area contributed by atoms with Crippen molar-refractivity contribution in [1.82, 2.24) is 10.9 Å². The van der Waals surface area contributed by atoms with Gasteiger partial charge in [0, 0.05) is 35.3 Å². The first-order valence-electron chi connectivity index (χ1n) is 8.47. The summed E-state index contributed by atoms with van der Waals surface area (Å²) in [7, 11) is 0. The van der Waals surface area contributed by atoms with E-state index in [0.717, 1.165) is 23.7 Å². The van der Waals surface area contributed by atoms with E-state index in [0.29, 0.717) is 5.56 Å². The Morgan fingerprint density at radius 1 is 0.962 bits per heavy atom. The topological polar surface area (TPSA) is 61.4 Å². The second kappa shape index (κ2) is 10.3. The predicted molar refractivity (Wildman–Crippen MR) is 107 cm³/mol. The first kappa shape index (κ1) is 19.6.